The van der Waals surface area contributed by atoms with Gasteiger partial charge in [0.25, 0.3) is 5.91 Å². The van der Waals surface area contributed by atoms with Crippen LogP contribution in [-0.4, -0.2) is 35.0 Å². The summed E-state index contributed by atoms with van der Waals surface area (Å²) in [5.74, 6) is -1.64. The highest BCUT2D eigenvalue weighted by atomic mass is 19.2. The molecule has 2 heterocycles. The predicted molar refractivity (Wildman–Crippen MR) is 98.6 cm³/mol. The number of nitrogens with zero attached hydrogens (tertiary/aromatic N) is 3. The average Bonchev–Trinajstić information content (AvgIpc) is 3.07. The van der Waals surface area contributed by atoms with Crippen LogP contribution in [0.25, 0.3) is 0 Å². The van der Waals surface area contributed by atoms with Gasteiger partial charge in [0.05, 0.1) is 0 Å². The number of nitrogens with one attached hydrogen (secondary N) is 1. The number of rotatable bonds is 5. The van der Waals surface area contributed by atoms with Crippen LogP contribution in [0.15, 0.2) is 18.2 Å². The molecule has 1 aromatic carbocycles. The third-order valence-corrected chi connectivity index (χ3v) is 5.01. The summed E-state index contributed by atoms with van der Waals surface area (Å²) in [7, 11) is 0. The van der Waals surface area contributed by atoms with Gasteiger partial charge < -0.3 is 16.0 Å². The molecule has 1 saturated heterocycles. The number of amides is 1. The molecule has 1 fully saturated rings. The Bertz CT molecular complexity index is 873. The molecule has 2 atom stereocenters. The van der Waals surface area contributed by atoms with Crippen LogP contribution in [0.1, 0.15) is 46.8 Å². The molecule has 1 aliphatic rings. The maximum atomic E-state index is 14.0. The predicted octanol–water partition coefficient (Wildman–Crippen LogP) is 2.40. The Kier molecular flexibility index (Phi) is 5.36. The van der Waals surface area contributed by atoms with Crippen molar-refractivity contribution in [1.82, 2.24) is 15.3 Å². The van der Waals surface area contributed by atoms with Gasteiger partial charge in [-0.2, -0.15) is 0 Å². The quantitative estimate of drug-likeness (QED) is 0.838. The van der Waals surface area contributed by atoms with Crippen LogP contribution in [0.2, 0.25) is 0 Å². The highest BCUT2D eigenvalue weighted by Crippen LogP contribution is 2.26. The third-order valence-electron chi connectivity index (χ3n) is 5.01. The molecule has 0 saturated carbocycles. The van der Waals surface area contributed by atoms with Gasteiger partial charge in [-0.1, -0.05) is 12.1 Å². The van der Waals surface area contributed by atoms with Crippen molar-refractivity contribution in [3.8, 4) is 0 Å². The Hall–Kier alpha value is -2.61. The molecular formula is C19H23F2N5O. The minimum Gasteiger partial charge on any atom is -0.363 e. The summed E-state index contributed by atoms with van der Waals surface area (Å²) in [5, 5.41) is 3.35. The van der Waals surface area contributed by atoms with Crippen molar-refractivity contribution in [3.63, 3.8) is 0 Å². The van der Waals surface area contributed by atoms with Crippen LogP contribution in [-0.2, 0) is 0 Å². The second-order valence-corrected chi connectivity index (χ2v) is 6.91. The van der Waals surface area contributed by atoms with E-state index in [0.29, 0.717) is 23.6 Å². The zero-order chi connectivity index (χ0) is 19.7. The molecule has 0 radical (unpaired) electrons. The van der Waals surface area contributed by atoms with Crippen molar-refractivity contribution in [1.29, 1.82) is 0 Å². The molecule has 3 rings (SSSR count). The normalized spacial score (nSPS) is 18.0. The lowest BCUT2D eigenvalue weighted by Gasteiger charge is -2.23. The van der Waals surface area contributed by atoms with Crippen molar-refractivity contribution in [2.45, 2.75) is 39.3 Å². The molecule has 1 aromatic heterocycles. The Balaban J connectivity index is 1.74. The van der Waals surface area contributed by atoms with Gasteiger partial charge >= 0.3 is 0 Å². The van der Waals surface area contributed by atoms with E-state index in [1.165, 1.54) is 6.07 Å². The van der Waals surface area contributed by atoms with E-state index in [4.69, 9.17) is 5.73 Å². The van der Waals surface area contributed by atoms with Gasteiger partial charge in [0.1, 0.15) is 5.82 Å². The number of anilines is 1. The number of hydrogen-bond donors (Lipinski definition) is 2. The number of aromatic nitrogens is 2. The van der Waals surface area contributed by atoms with Crippen molar-refractivity contribution in [2.24, 2.45) is 5.73 Å². The number of aryl methyl sites for hydroxylation is 1. The first-order chi connectivity index (χ1) is 12.8. The number of carbonyl (C=O) groups excluding carboxylic acids is 1. The van der Waals surface area contributed by atoms with Crippen molar-refractivity contribution in [2.75, 3.05) is 18.0 Å². The van der Waals surface area contributed by atoms with Gasteiger partial charge in [-0.15, -0.1) is 0 Å². The summed E-state index contributed by atoms with van der Waals surface area (Å²) in [5.41, 5.74) is 7.23. The Morgan fingerprint density at radius 2 is 2.07 bits per heavy atom. The van der Waals surface area contributed by atoms with E-state index < -0.39 is 17.5 Å². The lowest BCUT2D eigenvalue weighted by molar-refractivity contribution is 0.0990. The summed E-state index contributed by atoms with van der Waals surface area (Å²) in [4.78, 5) is 22.0. The van der Waals surface area contributed by atoms with Gasteiger partial charge in [0, 0.05) is 42.0 Å². The molecular weight excluding hydrogens is 352 g/mol. The number of benzene rings is 1. The molecule has 27 heavy (non-hydrogen) atoms. The molecule has 6 nitrogen and oxygen atoms in total. The Morgan fingerprint density at radius 3 is 2.78 bits per heavy atom. The van der Waals surface area contributed by atoms with Gasteiger partial charge in [-0.3, -0.25) is 4.79 Å². The summed E-state index contributed by atoms with van der Waals surface area (Å²) in [6, 6.07) is 3.94. The molecule has 8 heteroatoms. The number of primary amides is 1. The summed E-state index contributed by atoms with van der Waals surface area (Å²) >= 11 is 0. The van der Waals surface area contributed by atoms with E-state index in [-0.39, 0.29) is 17.9 Å². The summed E-state index contributed by atoms with van der Waals surface area (Å²) < 4.78 is 27.5. The van der Waals surface area contributed by atoms with E-state index in [2.05, 4.69) is 20.2 Å². The van der Waals surface area contributed by atoms with Crippen LogP contribution in [0, 0.1) is 25.5 Å². The van der Waals surface area contributed by atoms with E-state index in [0.717, 1.165) is 24.6 Å². The first-order valence-corrected chi connectivity index (χ1v) is 8.88. The molecule has 3 N–H and O–H groups in total. The van der Waals surface area contributed by atoms with Gasteiger partial charge in [0.2, 0.25) is 5.82 Å². The zero-order valence-electron chi connectivity index (χ0n) is 15.6. The number of nitrogens with two attached hydrogens (primary N) is 1. The largest absolute Gasteiger partial charge is 0.363 e. The summed E-state index contributed by atoms with van der Waals surface area (Å²) in [6.07, 6.45) is 0.815. The molecule has 1 aliphatic heterocycles. The highest BCUT2D eigenvalue weighted by Gasteiger charge is 2.28. The number of halogens is 2. The molecule has 0 spiro atoms. The smallest absolute Gasteiger partial charge is 0.286 e. The fraction of sp³-hybridized carbons (Fsp3) is 0.421. The monoisotopic (exact) mass is 375 g/mol. The van der Waals surface area contributed by atoms with E-state index >= 15 is 0 Å². The Labute approximate surface area is 156 Å². The fourth-order valence-electron chi connectivity index (χ4n) is 3.42. The Morgan fingerprint density at radius 1 is 1.33 bits per heavy atom. The third kappa shape index (κ3) is 3.90. The second kappa shape index (κ2) is 7.56. The minimum absolute atomic E-state index is 0.000269. The lowest BCUT2D eigenvalue weighted by atomic mass is 10.1. The van der Waals surface area contributed by atoms with E-state index in [1.807, 2.05) is 20.8 Å². The van der Waals surface area contributed by atoms with Crippen LogP contribution < -0.4 is 16.0 Å². The second-order valence-electron chi connectivity index (χ2n) is 6.91. The molecule has 1 unspecified atom stereocenters. The van der Waals surface area contributed by atoms with Crippen molar-refractivity contribution >= 4 is 11.7 Å². The zero-order valence-corrected chi connectivity index (χ0v) is 15.6. The van der Waals surface area contributed by atoms with E-state index in [1.54, 1.807) is 6.07 Å². The van der Waals surface area contributed by atoms with Crippen LogP contribution in [0.3, 0.4) is 0 Å². The first-order valence-electron chi connectivity index (χ1n) is 8.88. The van der Waals surface area contributed by atoms with Gasteiger partial charge in [-0.25, -0.2) is 18.7 Å². The fourth-order valence-corrected chi connectivity index (χ4v) is 3.42. The van der Waals surface area contributed by atoms with Crippen molar-refractivity contribution in [3.05, 3.63) is 52.5 Å². The van der Waals surface area contributed by atoms with Gasteiger partial charge in [0.15, 0.2) is 11.6 Å². The first kappa shape index (κ1) is 19.2. The summed E-state index contributed by atoms with van der Waals surface area (Å²) in [6.45, 7) is 6.89. The highest BCUT2D eigenvalue weighted by molar-refractivity contribution is 5.89. The standard InChI is InChI=1S/C19H23F2N5O/c1-10-11(2)24-18(17(22)27)25-19(10)26-8-7-13(9-26)23-12(3)14-5-4-6-15(20)16(14)21/h4-6,12-13,23H,7-9H2,1-3H3,(H2,22,27)/t12?,13-/m1/s1. The molecule has 2 aromatic rings. The average molecular weight is 375 g/mol. The maximum Gasteiger partial charge on any atom is 0.286 e. The van der Waals surface area contributed by atoms with Gasteiger partial charge in [-0.05, 0) is 33.3 Å². The SMILES string of the molecule is Cc1nc(C(N)=O)nc(N2CC[C@@H](NC(C)c3cccc(F)c3F)C2)c1C. The molecule has 1 amide bonds. The topological polar surface area (TPSA) is 84.1 Å². The van der Waals surface area contributed by atoms with Crippen LogP contribution >= 0.6 is 0 Å². The molecule has 0 bridgehead atoms. The molecule has 144 valence electrons. The van der Waals surface area contributed by atoms with Crippen LogP contribution in [0.5, 0.6) is 0 Å². The van der Waals surface area contributed by atoms with Crippen LogP contribution in [0.4, 0.5) is 14.6 Å². The number of hydrogen-bond acceptors (Lipinski definition) is 5. The lowest BCUT2D eigenvalue weighted by Crippen LogP contribution is -2.35. The minimum atomic E-state index is -0.847. The van der Waals surface area contributed by atoms with Crippen molar-refractivity contribution < 1.29 is 13.6 Å². The maximum absolute atomic E-state index is 14.0. The van der Waals surface area contributed by atoms with E-state index in [9.17, 15) is 13.6 Å². The number of carbonyl (C=O) groups is 1. The molecule has 0 aliphatic carbocycles.